The molecule has 0 bridgehead atoms. The highest BCUT2D eigenvalue weighted by molar-refractivity contribution is 14.1. The summed E-state index contributed by atoms with van der Waals surface area (Å²) in [6, 6.07) is 5.49. The highest BCUT2D eigenvalue weighted by atomic mass is 127. The van der Waals surface area contributed by atoms with Crippen LogP contribution >= 0.6 is 34.2 Å². The molecule has 1 amide bonds. The first-order chi connectivity index (χ1) is 9.29. The van der Waals surface area contributed by atoms with Gasteiger partial charge in [0.15, 0.2) is 0 Å². The summed E-state index contributed by atoms with van der Waals surface area (Å²) in [7, 11) is 0. The van der Waals surface area contributed by atoms with E-state index in [9.17, 15) is 4.79 Å². The minimum atomic E-state index is 0.0625. The molecule has 4 heteroatoms. The van der Waals surface area contributed by atoms with Crippen LogP contribution < -0.4 is 0 Å². The van der Waals surface area contributed by atoms with Crippen molar-refractivity contribution < 1.29 is 4.79 Å². The molecular weight excluding hydrogens is 385 g/mol. The number of hydrogen-bond donors (Lipinski definition) is 0. The van der Waals surface area contributed by atoms with Crippen LogP contribution in [0.1, 0.15) is 37.6 Å². The first-order valence-corrected chi connectivity index (χ1v) is 8.18. The van der Waals surface area contributed by atoms with E-state index >= 15 is 0 Å². The molecule has 0 spiro atoms. The molecule has 1 aliphatic heterocycles. The molecule has 2 nitrogen and oxygen atoms in total. The number of halogens is 2. The van der Waals surface area contributed by atoms with Gasteiger partial charge in [0.05, 0.1) is 5.02 Å². The lowest BCUT2D eigenvalue weighted by molar-refractivity contribution is 0.0765. The van der Waals surface area contributed by atoms with Crippen LogP contribution in [0, 0.1) is 8.99 Å². The Morgan fingerprint density at radius 2 is 2.05 bits per heavy atom. The molecule has 1 aromatic carbocycles. The fourth-order valence-electron chi connectivity index (χ4n) is 2.35. The Bertz CT molecular complexity index is 560. The molecule has 0 aromatic heterocycles. The van der Waals surface area contributed by atoms with Crippen LogP contribution in [0.4, 0.5) is 0 Å². The molecule has 0 unspecified atom stereocenters. The summed E-state index contributed by atoms with van der Waals surface area (Å²) in [6.07, 6.45) is 3.14. The van der Waals surface area contributed by atoms with Crippen molar-refractivity contribution in [3.8, 4) is 0 Å². The largest absolute Gasteiger partial charge is 0.335 e. The van der Waals surface area contributed by atoms with Gasteiger partial charge in [-0.3, -0.25) is 4.79 Å². The lowest BCUT2D eigenvalue weighted by atomic mass is 9.83. The Morgan fingerprint density at radius 1 is 1.35 bits per heavy atom. The maximum absolute atomic E-state index is 12.5. The van der Waals surface area contributed by atoms with Gasteiger partial charge in [0, 0.05) is 22.2 Å². The second kappa shape index (κ2) is 6.06. The van der Waals surface area contributed by atoms with Crippen LogP contribution in [0.15, 0.2) is 29.8 Å². The van der Waals surface area contributed by atoms with Crippen molar-refractivity contribution in [2.24, 2.45) is 5.41 Å². The van der Waals surface area contributed by atoms with Crippen LogP contribution in [0.2, 0.25) is 5.02 Å². The average molecular weight is 404 g/mol. The number of amides is 1. The lowest BCUT2D eigenvalue weighted by Crippen LogP contribution is -2.36. The normalized spacial score (nSPS) is 16.1. The fourth-order valence-corrected chi connectivity index (χ4v) is 2.86. The van der Waals surface area contributed by atoms with Gasteiger partial charge in [-0.05, 0) is 52.6 Å². The Balaban J connectivity index is 2.12. The second-order valence-electron chi connectivity index (χ2n) is 6.11. The lowest BCUT2D eigenvalue weighted by Gasteiger charge is -2.32. The number of nitrogens with zero attached hydrogens (tertiary/aromatic N) is 1. The summed E-state index contributed by atoms with van der Waals surface area (Å²) in [5.41, 5.74) is 2.30. The van der Waals surface area contributed by atoms with Crippen molar-refractivity contribution in [3.05, 3.63) is 44.0 Å². The van der Waals surface area contributed by atoms with Crippen LogP contribution in [-0.2, 0) is 0 Å². The number of benzene rings is 1. The van der Waals surface area contributed by atoms with Gasteiger partial charge in [-0.2, -0.15) is 0 Å². The first kappa shape index (κ1) is 15.8. The molecule has 0 atom stereocenters. The quantitative estimate of drug-likeness (QED) is 0.489. The molecule has 1 aromatic rings. The average Bonchev–Trinajstić information content (AvgIpc) is 2.40. The number of rotatable bonds is 1. The second-order valence-corrected chi connectivity index (χ2v) is 7.68. The molecule has 0 saturated heterocycles. The van der Waals surface area contributed by atoms with E-state index in [2.05, 4.69) is 49.4 Å². The summed E-state index contributed by atoms with van der Waals surface area (Å²) < 4.78 is 0.967. The molecular formula is C16H19ClINO. The molecule has 108 valence electrons. The number of carbonyl (C=O) groups is 1. The summed E-state index contributed by atoms with van der Waals surface area (Å²) >= 11 is 8.25. The fraction of sp³-hybridized carbons (Fsp3) is 0.438. The zero-order valence-corrected chi connectivity index (χ0v) is 15.0. The van der Waals surface area contributed by atoms with Crippen molar-refractivity contribution >= 4 is 40.1 Å². The van der Waals surface area contributed by atoms with E-state index in [1.54, 1.807) is 6.07 Å². The maximum Gasteiger partial charge on any atom is 0.254 e. The monoisotopic (exact) mass is 403 g/mol. The van der Waals surface area contributed by atoms with E-state index in [0.717, 1.165) is 16.5 Å². The van der Waals surface area contributed by atoms with Crippen LogP contribution in [-0.4, -0.2) is 23.9 Å². The van der Waals surface area contributed by atoms with E-state index in [4.69, 9.17) is 11.6 Å². The summed E-state index contributed by atoms with van der Waals surface area (Å²) in [5.74, 6) is 0.0625. The molecule has 1 heterocycles. The van der Waals surface area contributed by atoms with Gasteiger partial charge in [-0.15, -0.1) is 0 Å². The smallest absolute Gasteiger partial charge is 0.254 e. The van der Waals surface area contributed by atoms with Crippen molar-refractivity contribution in [2.45, 2.75) is 27.2 Å². The van der Waals surface area contributed by atoms with Gasteiger partial charge in [-0.1, -0.05) is 44.0 Å². The maximum atomic E-state index is 12.5. The van der Waals surface area contributed by atoms with E-state index in [0.29, 0.717) is 17.1 Å². The van der Waals surface area contributed by atoms with Gasteiger partial charge in [-0.25, -0.2) is 0 Å². The van der Waals surface area contributed by atoms with Crippen molar-refractivity contribution in [1.29, 1.82) is 0 Å². The van der Waals surface area contributed by atoms with Crippen molar-refractivity contribution in [1.82, 2.24) is 4.90 Å². The summed E-state index contributed by atoms with van der Waals surface area (Å²) in [6.45, 7) is 8.13. The van der Waals surface area contributed by atoms with Crippen LogP contribution in [0.3, 0.4) is 0 Å². The third-order valence-electron chi connectivity index (χ3n) is 3.63. The highest BCUT2D eigenvalue weighted by Gasteiger charge is 2.24. The van der Waals surface area contributed by atoms with Gasteiger partial charge in [0.1, 0.15) is 0 Å². The summed E-state index contributed by atoms with van der Waals surface area (Å²) in [5, 5.41) is 0.638. The van der Waals surface area contributed by atoms with Gasteiger partial charge in [0.2, 0.25) is 0 Å². The van der Waals surface area contributed by atoms with E-state index in [1.165, 1.54) is 5.57 Å². The zero-order chi connectivity index (χ0) is 14.9. The predicted molar refractivity (Wildman–Crippen MR) is 92.2 cm³/mol. The minimum absolute atomic E-state index is 0.0625. The number of hydrogen-bond acceptors (Lipinski definition) is 1. The van der Waals surface area contributed by atoms with Gasteiger partial charge < -0.3 is 4.90 Å². The van der Waals surface area contributed by atoms with Gasteiger partial charge >= 0.3 is 0 Å². The Hall–Kier alpha value is -0.550. The highest BCUT2D eigenvalue weighted by Crippen LogP contribution is 2.30. The van der Waals surface area contributed by atoms with Gasteiger partial charge in [0.25, 0.3) is 5.91 Å². The Kier molecular flexibility index (Phi) is 4.80. The molecule has 0 radical (unpaired) electrons. The molecule has 0 saturated carbocycles. The topological polar surface area (TPSA) is 20.3 Å². The van der Waals surface area contributed by atoms with Crippen LogP contribution in [0.5, 0.6) is 0 Å². The standard InChI is InChI=1S/C16H19ClINO/c1-16(2,3)12-6-8-19(9-7-12)15(20)11-4-5-14(18)13(17)10-11/h4-6,10H,7-9H2,1-3H3. The van der Waals surface area contributed by atoms with E-state index in [1.807, 2.05) is 17.0 Å². The molecule has 0 aliphatic carbocycles. The SMILES string of the molecule is CC(C)(C)C1=CCN(C(=O)c2ccc(I)c(Cl)c2)CC1. The minimum Gasteiger partial charge on any atom is -0.335 e. The van der Waals surface area contributed by atoms with Crippen molar-refractivity contribution in [3.63, 3.8) is 0 Å². The molecule has 2 rings (SSSR count). The Morgan fingerprint density at radius 3 is 2.55 bits per heavy atom. The van der Waals surface area contributed by atoms with Crippen LogP contribution in [0.25, 0.3) is 0 Å². The number of carbonyl (C=O) groups excluding carboxylic acids is 1. The molecule has 20 heavy (non-hydrogen) atoms. The first-order valence-electron chi connectivity index (χ1n) is 6.73. The third kappa shape index (κ3) is 3.55. The van der Waals surface area contributed by atoms with Crippen molar-refractivity contribution in [2.75, 3.05) is 13.1 Å². The summed E-state index contributed by atoms with van der Waals surface area (Å²) in [4.78, 5) is 14.3. The predicted octanol–water partition coefficient (Wildman–Crippen LogP) is 4.76. The Labute approximate surface area is 139 Å². The van der Waals surface area contributed by atoms with E-state index in [-0.39, 0.29) is 11.3 Å². The molecule has 0 fully saturated rings. The molecule has 0 N–H and O–H groups in total. The van der Waals surface area contributed by atoms with E-state index < -0.39 is 0 Å². The third-order valence-corrected chi connectivity index (χ3v) is 5.20. The molecule has 1 aliphatic rings. The zero-order valence-electron chi connectivity index (χ0n) is 12.0.